The smallest absolute Gasteiger partial charge is 0.253 e. The Bertz CT molecular complexity index is 621. The zero-order chi connectivity index (χ0) is 15.8. The summed E-state index contributed by atoms with van der Waals surface area (Å²) in [7, 11) is 1.62. The van der Waals surface area contributed by atoms with Crippen LogP contribution in [0, 0.1) is 0 Å². The number of ether oxygens (including phenoxy) is 1. The average molecular weight is 297 g/mol. The number of rotatable bonds is 7. The van der Waals surface area contributed by atoms with Crippen LogP contribution in [0.1, 0.15) is 15.9 Å². The molecule has 0 aliphatic heterocycles. The second kappa shape index (κ2) is 7.83. The van der Waals surface area contributed by atoms with Gasteiger partial charge in [-0.05, 0) is 29.8 Å². The van der Waals surface area contributed by atoms with Crippen molar-refractivity contribution in [3.8, 4) is 5.75 Å². The van der Waals surface area contributed by atoms with Crippen molar-refractivity contribution in [1.82, 2.24) is 10.3 Å². The summed E-state index contributed by atoms with van der Waals surface area (Å²) >= 11 is 0. The molecule has 0 fully saturated rings. The van der Waals surface area contributed by atoms with E-state index < -0.39 is 0 Å². The maximum absolute atomic E-state index is 12.1. The third kappa shape index (κ3) is 4.34. The van der Waals surface area contributed by atoms with E-state index in [9.17, 15) is 4.79 Å². The highest BCUT2D eigenvalue weighted by atomic mass is 16.5. The van der Waals surface area contributed by atoms with Crippen molar-refractivity contribution >= 4 is 11.7 Å². The number of carbonyl (C=O) groups excluding carboxylic acids is 1. The van der Waals surface area contributed by atoms with Crippen molar-refractivity contribution in [2.75, 3.05) is 19.0 Å². The quantitative estimate of drug-likeness (QED) is 0.771. The summed E-state index contributed by atoms with van der Waals surface area (Å²) in [5.41, 5.74) is 1.53. The van der Waals surface area contributed by atoms with E-state index in [-0.39, 0.29) is 5.91 Å². The number of nitrogens with zero attached hydrogens (tertiary/aromatic N) is 1. The molecule has 114 valence electrons. The van der Waals surface area contributed by atoms with E-state index in [4.69, 9.17) is 4.74 Å². The topological polar surface area (TPSA) is 63.2 Å². The van der Waals surface area contributed by atoms with Gasteiger partial charge in [0, 0.05) is 19.3 Å². The van der Waals surface area contributed by atoms with Crippen LogP contribution < -0.4 is 15.4 Å². The Morgan fingerprint density at radius 3 is 2.64 bits per heavy atom. The lowest BCUT2D eigenvalue weighted by atomic mass is 10.2. The van der Waals surface area contributed by atoms with Crippen LogP contribution in [0.25, 0.3) is 0 Å². The summed E-state index contributed by atoms with van der Waals surface area (Å²) < 4.78 is 5.10. The predicted octanol–water partition coefficient (Wildman–Crippen LogP) is 2.62. The third-order valence-corrected chi connectivity index (χ3v) is 3.07. The minimum atomic E-state index is -0.154. The maximum Gasteiger partial charge on any atom is 0.253 e. The zero-order valence-electron chi connectivity index (χ0n) is 12.5. The van der Waals surface area contributed by atoms with Gasteiger partial charge in [-0.15, -0.1) is 6.58 Å². The Kier molecular flexibility index (Phi) is 5.54. The van der Waals surface area contributed by atoms with E-state index in [0.29, 0.717) is 24.5 Å². The van der Waals surface area contributed by atoms with Crippen molar-refractivity contribution < 1.29 is 9.53 Å². The van der Waals surface area contributed by atoms with Gasteiger partial charge >= 0.3 is 0 Å². The Hall–Kier alpha value is -2.82. The molecular formula is C17H19N3O2. The normalized spacial score (nSPS) is 9.86. The second-order valence-electron chi connectivity index (χ2n) is 4.63. The highest BCUT2D eigenvalue weighted by molar-refractivity contribution is 5.94. The second-order valence-corrected chi connectivity index (χ2v) is 4.63. The number of hydrogen-bond donors (Lipinski definition) is 2. The zero-order valence-corrected chi connectivity index (χ0v) is 12.5. The molecule has 1 aromatic carbocycles. The van der Waals surface area contributed by atoms with Crippen LogP contribution >= 0.6 is 0 Å². The summed E-state index contributed by atoms with van der Waals surface area (Å²) in [6.07, 6.45) is 3.30. The lowest BCUT2D eigenvalue weighted by Crippen LogP contribution is -2.22. The van der Waals surface area contributed by atoms with E-state index in [0.717, 1.165) is 11.3 Å². The first-order chi connectivity index (χ1) is 10.7. The summed E-state index contributed by atoms with van der Waals surface area (Å²) in [6.45, 7) is 4.72. The van der Waals surface area contributed by atoms with E-state index >= 15 is 0 Å². The Balaban J connectivity index is 1.89. The molecule has 5 nitrogen and oxygen atoms in total. The molecule has 0 aliphatic rings. The molecule has 0 bridgehead atoms. The fraction of sp³-hybridized carbons (Fsp3) is 0.176. The van der Waals surface area contributed by atoms with Crippen LogP contribution in [0.3, 0.4) is 0 Å². The molecule has 5 heteroatoms. The molecular weight excluding hydrogens is 278 g/mol. The minimum Gasteiger partial charge on any atom is -0.497 e. The Labute approximate surface area is 130 Å². The van der Waals surface area contributed by atoms with Gasteiger partial charge < -0.3 is 15.4 Å². The van der Waals surface area contributed by atoms with Crippen LogP contribution in [-0.2, 0) is 6.54 Å². The molecule has 0 spiro atoms. The fourth-order valence-corrected chi connectivity index (χ4v) is 1.84. The molecule has 1 heterocycles. The number of nitrogens with one attached hydrogen (secondary N) is 2. The maximum atomic E-state index is 12.1. The van der Waals surface area contributed by atoms with E-state index in [1.807, 2.05) is 24.3 Å². The molecule has 1 aromatic heterocycles. The number of methoxy groups -OCH3 is 1. The van der Waals surface area contributed by atoms with Gasteiger partial charge in [-0.25, -0.2) is 4.98 Å². The van der Waals surface area contributed by atoms with Gasteiger partial charge in [0.25, 0.3) is 5.91 Å². The van der Waals surface area contributed by atoms with Crippen molar-refractivity contribution in [3.05, 3.63) is 66.4 Å². The lowest BCUT2D eigenvalue weighted by Gasteiger charge is -2.07. The number of carbonyl (C=O) groups is 1. The Morgan fingerprint density at radius 1 is 1.27 bits per heavy atom. The number of aromatic nitrogens is 1. The Morgan fingerprint density at radius 2 is 2.05 bits per heavy atom. The molecule has 2 N–H and O–H groups in total. The molecule has 0 radical (unpaired) electrons. The molecule has 0 atom stereocenters. The molecule has 2 rings (SSSR count). The fourth-order valence-electron chi connectivity index (χ4n) is 1.84. The summed E-state index contributed by atoms with van der Waals surface area (Å²) in [4.78, 5) is 16.2. The van der Waals surface area contributed by atoms with Crippen molar-refractivity contribution in [2.45, 2.75) is 6.54 Å². The van der Waals surface area contributed by atoms with Crippen molar-refractivity contribution in [1.29, 1.82) is 0 Å². The van der Waals surface area contributed by atoms with Crippen LogP contribution in [0.2, 0.25) is 0 Å². The van der Waals surface area contributed by atoms with Crippen LogP contribution in [0.5, 0.6) is 5.75 Å². The first kappa shape index (κ1) is 15.6. The molecule has 0 unspecified atom stereocenters. The first-order valence-electron chi connectivity index (χ1n) is 6.95. The average Bonchev–Trinajstić information content (AvgIpc) is 2.58. The summed E-state index contributed by atoms with van der Waals surface area (Å²) in [5, 5.41) is 5.92. The standard InChI is InChI=1S/C17H19N3O2/c1-3-10-18-16-9-6-14(12-19-16)17(21)20-11-13-4-7-15(22-2)8-5-13/h3-9,12H,1,10-11H2,2H3,(H,18,19)(H,20,21). The SMILES string of the molecule is C=CCNc1ccc(C(=O)NCc2ccc(OC)cc2)cn1. The van der Waals surface area contributed by atoms with Crippen molar-refractivity contribution in [3.63, 3.8) is 0 Å². The lowest BCUT2D eigenvalue weighted by molar-refractivity contribution is 0.0950. The number of amides is 1. The number of pyridine rings is 1. The number of hydrogen-bond acceptors (Lipinski definition) is 4. The van der Waals surface area contributed by atoms with Gasteiger partial charge in [-0.3, -0.25) is 4.79 Å². The van der Waals surface area contributed by atoms with Crippen LogP contribution in [0.4, 0.5) is 5.82 Å². The van der Waals surface area contributed by atoms with Gasteiger partial charge in [0.05, 0.1) is 12.7 Å². The molecule has 0 aliphatic carbocycles. The number of anilines is 1. The summed E-state index contributed by atoms with van der Waals surface area (Å²) in [6, 6.07) is 11.1. The van der Waals surface area contributed by atoms with Gasteiger partial charge in [0.2, 0.25) is 0 Å². The monoisotopic (exact) mass is 297 g/mol. The van der Waals surface area contributed by atoms with Crippen molar-refractivity contribution in [2.24, 2.45) is 0 Å². The minimum absolute atomic E-state index is 0.154. The molecule has 0 saturated heterocycles. The summed E-state index contributed by atoms with van der Waals surface area (Å²) in [5.74, 6) is 1.35. The van der Waals surface area contributed by atoms with Gasteiger partial charge in [0.15, 0.2) is 0 Å². The third-order valence-electron chi connectivity index (χ3n) is 3.07. The first-order valence-corrected chi connectivity index (χ1v) is 6.95. The van der Waals surface area contributed by atoms with Gasteiger partial charge in [-0.2, -0.15) is 0 Å². The highest BCUT2D eigenvalue weighted by Crippen LogP contribution is 2.11. The van der Waals surface area contributed by atoms with E-state index in [2.05, 4.69) is 22.2 Å². The predicted molar refractivity (Wildman–Crippen MR) is 87.1 cm³/mol. The molecule has 1 amide bonds. The van der Waals surface area contributed by atoms with Gasteiger partial charge in [-0.1, -0.05) is 18.2 Å². The number of benzene rings is 1. The largest absolute Gasteiger partial charge is 0.497 e. The highest BCUT2D eigenvalue weighted by Gasteiger charge is 2.06. The van der Waals surface area contributed by atoms with Crippen LogP contribution in [0.15, 0.2) is 55.3 Å². The molecule has 22 heavy (non-hydrogen) atoms. The molecule has 0 saturated carbocycles. The van der Waals surface area contributed by atoms with Crippen LogP contribution in [-0.4, -0.2) is 24.5 Å². The van der Waals surface area contributed by atoms with Gasteiger partial charge in [0.1, 0.15) is 11.6 Å². The molecule has 2 aromatic rings. The van der Waals surface area contributed by atoms with E-state index in [1.54, 1.807) is 31.5 Å². The van der Waals surface area contributed by atoms with E-state index in [1.165, 1.54) is 0 Å².